The molecule has 0 aliphatic heterocycles. The highest BCUT2D eigenvalue weighted by Crippen LogP contribution is 2.11. The second kappa shape index (κ2) is 5.87. The highest BCUT2D eigenvalue weighted by molar-refractivity contribution is 5.34. The van der Waals surface area contributed by atoms with Gasteiger partial charge in [0.05, 0.1) is 18.2 Å². The maximum atomic E-state index is 11.8. The second-order valence-corrected chi connectivity index (χ2v) is 4.17. The number of ether oxygens (including phenoxy) is 1. The summed E-state index contributed by atoms with van der Waals surface area (Å²) < 4.78 is 7.16. The van der Waals surface area contributed by atoms with Crippen LogP contribution in [0, 0.1) is 18.3 Å². The van der Waals surface area contributed by atoms with Gasteiger partial charge in [-0.1, -0.05) is 6.07 Å². The molecule has 0 aliphatic rings. The van der Waals surface area contributed by atoms with Crippen molar-refractivity contribution in [1.82, 2.24) is 4.57 Å². The molecular formula is C15H14N2O2. The molecule has 0 fully saturated rings. The fraction of sp³-hybridized carbons (Fsp3) is 0.200. The van der Waals surface area contributed by atoms with Gasteiger partial charge in [0, 0.05) is 11.8 Å². The second-order valence-electron chi connectivity index (χ2n) is 4.17. The van der Waals surface area contributed by atoms with Gasteiger partial charge in [0.25, 0.3) is 5.56 Å². The summed E-state index contributed by atoms with van der Waals surface area (Å²) in [6.45, 7) is 2.70. The van der Waals surface area contributed by atoms with E-state index in [1.807, 2.05) is 12.1 Å². The standard InChI is InChI=1S/C15H14N2O2/c1-12-3-2-8-17(15(12)18)9-10-19-14-6-4-13(11-16)5-7-14/h2-8H,9-10H2,1H3. The fourth-order valence-corrected chi connectivity index (χ4v) is 1.72. The Kier molecular flexibility index (Phi) is 3.99. The van der Waals surface area contributed by atoms with Gasteiger partial charge in [0.1, 0.15) is 12.4 Å². The van der Waals surface area contributed by atoms with Crippen molar-refractivity contribution < 1.29 is 4.74 Å². The summed E-state index contributed by atoms with van der Waals surface area (Å²) in [6, 6.07) is 12.6. The average Bonchev–Trinajstić information content (AvgIpc) is 2.44. The minimum absolute atomic E-state index is 0.00549. The molecule has 0 unspecified atom stereocenters. The minimum Gasteiger partial charge on any atom is -0.492 e. The van der Waals surface area contributed by atoms with Crippen molar-refractivity contribution in [2.75, 3.05) is 6.61 Å². The number of aryl methyl sites for hydroxylation is 1. The van der Waals surface area contributed by atoms with Crippen molar-refractivity contribution in [3.8, 4) is 11.8 Å². The normalized spacial score (nSPS) is 9.89. The molecule has 2 rings (SSSR count). The first-order valence-corrected chi connectivity index (χ1v) is 6.00. The van der Waals surface area contributed by atoms with E-state index in [1.54, 1.807) is 48.0 Å². The summed E-state index contributed by atoms with van der Waals surface area (Å²) in [6.07, 6.45) is 1.75. The number of benzene rings is 1. The number of hydrogen-bond acceptors (Lipinski definition) is 3. The molecule has 0 radical (unpaired) electrons. The molecule has 96 valence electrons. The van der Waals surface area contributed by atoms with Gasteiger partial charge in [0.15, 0.2) is 0 Å². The van der Waals surface area contributed by atoms with Crippen LogP contribution in [0.4, 0.5) is 0 Å². The zero-order valence-electron chi connectivity index (χ0n) is 10.7. The van der Waals surface area contributed by atoms with Crippen LogP contribution in [-0.4, -0.2) is 11.2 Å². The van der Waals surface area contributed by atoms with E-state index in [9.17, 15) is 4.79 Å². The Labute approximate surface area is 111 Å². The first-order chi connectivity index (χ1) is 9.20. The molecule has 1 aromatic heterocycles. The zero-order chi connectivity index (χ0) is 13.7. The van der Waals surface area contributed by atoms with Crippen LogP contribution in [0.2, 0.25) is 0 Å². The Morgan fingerprint density at radius 2 is 2.00 bits per heavy atom. The third-order valence-electron chi connectivity index (χ3n) is 2.79. The van der Waals surface area contributed by atoms with Crippen molar-refractivity contribution in [1.29, 1.82) is 5.26 Å². The summed E-state index contributed by atoms with van der Waals surface area (Å²) in [5, 5.41) is 8.68. The SMILES string of the molecule is Cc1cccn(CCOc2ccc(C#N)cc2)c1=O. The lowest BCUT2D eigenvalue weighted by molar-refractivity contribution is 0.296. The van der Waals surface area contributed by atoms with Crippen molar-refractivity contribution in [3.63, 3.8) is 0 Å². The van der Waals surface area contributed by atoms with Gasteiger partial charge >= 0.3 is 0 Å². The number of rotatable bonds is 4. The number of hydrogen-bond donors (Lipinski definition) is 0. The third kappa shape index (κ3) is 3.23. The lowest BCUT2D eigenvalue weighted by Crippen LogP contribution is -2.23. The van der Waals surface area contributed by atoms with Crippen LogP contribution in [0.25, 0.3) is 0 Å². The van der Waals surface area contributed by atoms with E-state index < -0.39 is 0 Å². The molecular weight excluding hydrogens is 240 g/mol. The van der Waals surface area contributed by atoms with Crippen molar-refractivity contribution >= 4 is 0 Å². The van der Waals surface area contributed by atoms with E-state index >= 15 is 0 Å². The van der Waals surface area contributed by atoms with Crippen LogP contribution in [0.5, 0.6) is 5.75 Å². The quantitative estimate of drug-likeness (QED) is 0.839. The van der Waals surface area contributed by atoms with Crippen LogP contribution in [0.3, 0.4) is 0 Å². The Bertz CT molecular complexity index is 651. The number of nitrogens with zero attached hydrogens (tertiary/aromatic N) is 2. The molecule has 1 heterocycles. The summed E-state index contributed by atoms with van der Waals surface area (Å²) in [5.41, 5.74) is 1.33. The van der Waals surface area contributed by atoms with Crippen LogP contribution in [0.1, 0.15) is 11.1 Å². The van der Waals surface area contributed by atoms with E-state index in [-0.39, 0.29) is 5.56 Å². The van der Waals surface area contributed by atoms with Crippen LogP contribution < -0.4 is 10.3 Å². The molecule has 0 N–H and O–H groups in total. The molecule has 4 nitrogen and oxygen atoms in total. The summed E-state index contributed by atoms with van der Waals surface area (Å²) in [5.74, 6) is 0.694. The largest absolute Gasteiger partial charge is 0.492 e. The molecule has 0 saturated heterocycles. The maximum absolute atomic E-state index is 11.8. The molecule has 0 bridgehead atoms. The predicted molar refractivity (Wildman–Crippen MR) is 72.1 cm³/mol. The van der Waals surface area contributed by atoms with Crippen LogP contribution in [-0.2, 0) is 6.54 Å². The van der Waals surface area contributed by atoms with E-state index in [0.717, 1.165) is 5.56 Å². The lowest BCUT2D eigenvalue weighted by atomic mass is 10.2. The highest BCUT2D eigenvalue weighted by atomic mass is 16.5. The van der Waals surface area contributed by atoms with Gasteiger partial charge in [-0.05, 0) is 37.3 Å². The van der Waals surface area contributed by atoms with Crippen molar-refractivity contribution in [2.45, 2.75) is 13.5 Å². The van der Waals surface area contributed by atoms with Gasteiger partial charge in [-0.25, -0.2) is 0 Å². The molecule has 19 heavy (non-hydrogen) atoms. The minimum atomic E-state index is 0.00549. The Morgan fingerprint density at radius 1 is 1.26 bits per heavy atom. The molecule has 1 aromatic carbocycles. The van der Waals surface area contributed by atoms with Gasteiger partial charge in [-0.3, -0.25) is 4.79 Å². The van der Waals surface area contributed by atoms with Gasteiger partial charge < -0.3 is 9.30 Å². The number of aromatic nitrogens is 1. The first-order valence-electron chi connectivity index (χ1n) is 6.00. The predicted octanol–water partition coefficient (Wildman–Crippen LogP) is 2.11. The first kappa shape index (κ1) is 12.9. The molecule has 0 spiro atoms. The molecule has 0 saturated carbocycles. The van der Waals surface area contributed by atoms with Crippen molar-refractivity contribution in [2.24, 2.45) is 0 Å². The average molecular weight is 254 g/mol. The van der Waals surface area contributed by atoms with Crippen LogP contribution in [0.15, 0.2) is 47.4 Å². The molecule has 2 aromatic rings. The van der Waals surface area contributed by atoms with E-state index in [2.05, 4.69) is 0 Å². The van der Waals surface area contributed by atoms with E-state index in [0.29, 0.717) is 24.5 Å². The third-order valence-corrected chi connectivity index (χ3v) is 2.79. The Hall–Kier alpha value is -2.54. The van der Waals surface area contributed by atoms with Gasteiger partial charge in [0.2, 0.25) is 0 Å². The topological polar surface area (TPSA) is 55.0 Å². The maximum Gasteiger partial charge on any atom is 0.253 e. The van der Waals surface area contributed by atoms with Gasteiger partial charge in [-0.15, -0.1) is 0 Å². The molecule has 0 aliphatic carbocycles. The van der Waals surface area contributed by atoms with E-state index in [1.165, 1.54) is 0 Å². The summed E-state index contributed by atoms with van der Waals surface area (Å²) in [4.78, 5) is 11.8. The van der Waals surface area contributed by atoms with Crippen LogP contribution >= 0.6 is 0 Å². The number of nitriles is 1. The summed E-state index contributed by atoms with van der Waals surface area (Å²) >= 11 is 0. The molecule has 4 heteroatoms. The lowest BCUT2D eigenvalue weighted by Gasteiger charge is -2.08. The highest BCUT2D eigenvalue weighted by Gasteiger charge is 1.99. The molecule has 0 amide bonds. The summed E-state index contributed by atoms with van der Waals surface area (Å²) in [7, 11) is 0. The monoisotopic (exact) mass is 254 g/mol. The Balaban J connectivity index is 1.95. The smallest absolute Gasteiger partial charge is 0.253 e. The van der Waals surface area contributed by atoms with E-state index in [4.69, 9.17) is 10.00 Å². The Morgan fingerprint density at radius 3 is 2.68 bits per heavy atom. The fourth-order valence-electron chi connectivity index (χ4n) is 1.72. The molecule has 0 atom stereocenters. The van der Waals surface area contributed by atoms with Crippen molar-refractivity contribution in [3.05, 3.63) is 64.1 Å². The van der Waals surface area contributed by atoms with Gasteiger partial charge in [-0.2, -0.15) is 5.26 Å². The number of pyridine rings is 1. The zero-order valence-corrected chi connectivity index (χ0v) is 10.7.